The van der Waals surface area contributed by atoms with Crippen molar-refractivity contribution in [2.45, 2.75) is 10.6 Å². The van der Waals surface area contributed by atoms with Gasteiger partial charge in [-0.2, -0.15) is 0 Å². The highest BCUT2D eigenvalue weighted by atomic mass is 35.5. The van der Waals surface area contributed by atoms with Gasteiger partial charge in [0, 0.05) is 17.7 Å². The molecule has 1 aromatic heterocycles. The minimum absolute atomic E-state index is 0.0562. The number of anilines is 1. The molecule has 0 aliphatic heterocycles. The molecule has 0 aliphatic rings. The van der Waals surface area contributed by atoms with Gasteiger partial charge in [0.05, 0.1) is 4.34 Å². The van der Waals surface area contributed by atoms with Gasteiger partial charge in [0.2, 0.25) is 0 Å². The molecule has 144 valence electrons. The molecule has 0 bridgehead atoms. The van der Waals surface area contributed by atoms with E-state index in [-0.39, 0.29) is 16.4 Å². The molecule has 0 radical (unpaired) electrons. The van der Waals surface area contributed by atoms with Crippen LogP contribution in [0, 0.1) is 0 Å². The highest BCUT2D eigenvalue weighted by Crippen LogP contribution is 2.25. The van der Waals surface area contributed by atoms with Crippen molar-refractivity contribution in [1.82, 2.24) is 4.72 Å². The van der Waals surface area contributed by atoms with E-state index < -0.39 is 16.1 Å². The molecule has 0 atom stereocenters. The molecule has 3 aromatic rings. The average Bonchev–Trinajstić information content (AvgIpc) is 3.10. The maximum atomic E-state index is 12.3. The van der Waals surface area contributed by atoms with Crippen LogP contribution in [0.2, 0.25) is 4.34 Å². The second kappa shape index (κ2) is 8.55. The number of nitrogens with one attached hydrogen (secondary N) is 2. The summed E-state index contributed by atoms with van der Waals surface area (Å²) in [6.07, 6.45) is 0.274. The van der Waals surface area contributed by atoms with E-state index in [2.05, 4.69) is 5.32 Å². The Kier molecular flexibility index (Phi) is 6.13. The van der Waals surface area contributed by atoms with Crippen LogP contribution in [0.25, 0.3) is 0 Å². The molecule has 2 amide bonds. The van der Waals surface area contributed by atoms with Crippen molar-refractivity contribution in [3.05, 3.63) is 82.2 Å². The fraction of sp³-hybridized carbons (Fsp3) is 0.0526. The third-order valence-corrected chi connectivity index (χ3v) is 6.77. The van der Waals surface area contributed by atoms with E-state index in [0.717, 1.165) is 16.9 Å². The first-order chi connectivity index (χ1) is 13.3. The smallest absolute Gasteiger partial charge is 0.307 e. The molecule has 6 nitrogen and oxygen atoms in total. The molecular formula is C19H15ClN2O4S2. The van der Waals surface area contributed by atoms with Crippen LogP contribution in [0.3, 0.4) is 0 Å². The lowest BCUT2D eigenvalue weighted by atomic mass is 10.0. The van der Waals surface area contributed by atoms with E-state index in [9.17, 15) is 18.0 Å². The fourth-order valence-electron chi connectivity index (χ4n) is 2.39. The fourth-order valence-corrected chi connectivity index (χ4v) is 4.78. The summed E-state index contributed by atoms with van der Waals surface area (Å²) in [6, 6.07) is 17.4. The summed E-state index contributed by atoms with van der Waals surface area (Å²) < 4.78 is 26.3. The standard InChI is InChI=1S/C19H15ClN2O4S2/c20-17-10-11-18(27-17)28(25,26)22-19(24)21-15-8-6-14(7-9-15)16(23)12-13-4-2-1-3-5-13/h1-11H,12H2,(H2,21,22,24). The largest absolute Gasteiger partial charge is 0.333 e. The van der Waals surface area contributed by atoms with Gasteiger partial charge in [0.15, 0.2) is 5.78 Å². The molecule has 2 N–H and O–H groups in total. The lowest BCUT2D eigenvalue weighted by molar-refractivity contribution is 0.0993. The Morgan fingerprint density at radius 1 is 0.929 bits per heavy atom. The van der Waals surface area contributed by atoms with Crippen molar-refractivity contribution in [2.75, 3.05) is 5.32 Å². The van der Waals surface area contributed by atoms with E-state index >= 15 is 0 Å². The van der Waals surface area contributed by atoms with E-state index in [1.165, 1.54) is 24.3 Å². The van der Waals surface area contributed by atoms with Gasteiger partial charge in [-0.3, -0.25) is 4.79 Å². The number of urea groups is 1. The third-order valence-electron chi connectivity index (χ3n) is 3.71. The van der Waals surface area contributed by atoms with Crippen molar-refractivity contribution in [3.63, 3.8) is 0 Å². The van der Waals surface area contributed by atoms with Crippen LogP contribution in [-0.4, -0.2) is 20.2 Å². The molecule has 0 saturated heterocycles. The number of carbonyl (C=O) groups is 2. The predicted octanol–water partition coefficient (Wildman–Crippen LogP) is 4.34. The number of carbonyl (C=O) groups excluding carboxylic acids is 2. The number of ketones is 1. The van der Waals surface area contributed by atoms with Gasteiger partial charge in [-0.15, -0.1) is 11.3 Å². The predicted molar refractivity (Wildman–Crippen MR) is 110 cm³/mol. The lowest BCUT2D eigenvalue weighted by Gasteiger charge is -2.08. The minimum atomic E-state index is -4.00. The molecule has 0 unspecified atom stereocenters. The molecule has 0 fully saturated rings. The van der Waals surface area contributed by atoms with Crippen LogP contribution >= 0.6 is 22.9 Å². The third kappa shape index (κ3) is 5.19. The number of amides is 2. The monoisotopic (exact) mass is 434 g/mol. The summed E-state index contributed by atoms with van der Waals surface area (Å²) >= 11 is 6.57. The summed E-state index contributed by atoms with van der Waals surface area (Å²) in [5, 5.41) is 2.42. The highest BCUT2D eigenvalue weighted by Gasteiger charge is 2.19. The first kappa shape index (κ1) is 20.1. The van der Waals surface area contributed by atoms with Gasteiger partial charge in [0.1, 0.15) is 4.21 Å². The first-order valence-electron chi connectivity index (χ1n) is 8.10. The number of thiophene rings is 1. The second-order valence-corrected chi connectivity index (χ2v) is 9.41. The highest BCUT2D eigenvalue weighted by molar-refractivity contribution is 7.92. The number of benzene rings is 2. The molecule has 28 heavy (non-hydrogen) atoms. The number of hydrogen-bond donors (Lipinski definition) is 2. The zero-order chi connectivity index (χ0) is 20.1. The van der Waals surface area contributed by atoms with E-state index in [1.54, 1.807) is 12.1 Å². The van der Waals surface area contributed by atoms with Crippen LogP contribution in [0.4, 0.5) is 10.5 Å². The van der Waals surface area contributed by atoms with Gasteiger partial charge in [0.25, 0.3) is 10.0 Å². The van der Waals surface area contributed by atoms with Crippen LogP contribution in [0.1, 0.15) is 15.9 Å². The number of hydrogen-bond acceptors (Lipinski definition) is 5. The molecule has 2 aromatic carbocycles. The lowest BCUT2D eigenvalue weighted by Crippen LogP contribution is -2.33. The Bertz CT molecular complexity index is 1090. The maximum absolute atomic E-state index is 12.3. The summed E-state index contributed by atoms with van der Waals surface area (Å²) in [7, 11) is -4.00. The van der Waals surface area contributed by atoms with Crippen molar-refractivity contribution >= 4 is 50.5 Å². The molecule has 1 heterocycles. The van der Waals surface area contributed by atoms with Gasteiger partial charge in [-0.05, 0) is 42.0 Å². The van der Waals surface area contributed by atoms with Crippen molar-refractivity contribution < 1.29 is 18.0 Å². The van der Waals surface area contributed by atoms with Crippen LogP contribution in [0.5, 0.6) is 0 Å². The molecule has 0 saturated carbocycles. The Balaban J connectivity index is 1.60. The van der Waals surface area contributed by atoms with Gasteiger partial charge in [-0.25, -0.2) is 17.9 Å². The van der Waals surface area contributed by atoms with Crippen LogP contribution in [-0.2, 0) is 16.4 Å². The Morgan fingerprint density at radius 2 is 1.61 bits per heavy atom. The topological polar surface area (TPSA) is 92.3 Å². The minimum Gasteiger partial charge on any atom is -0.307 e. The van der Waals surface area contributed by atoms with Crippen molar-refractivity contribution in [1.29, 1.82) is 0 Å². The first-order valence-corrected chi connectivity index (χ1v) is 10.8. The number of sulfonamides is 1. The number of halogens is 1. The zero-order valence-electron chi connectivity index (χ0n) is 14.4. The maximum Gasteiger partial charge on any atom is 0.333 e. The van der Waals surface area contributed by atoms with E-state index in [0.29, 0.717) is 15.6 Å². The molecular weight excluding hydrogens is 420 g/mol. The van der Waals surface area contributed by atoms with Crippen molar-refractivity contribution in [3.8, 4) is 0 Å². The second-order valence-electron chi connectivity index (χ2n) is 5.78. The zero-order valence-corrected chi connectivity index (χ0v) is 16.8. The average molecular weight is 435 g/mol. The summed E-state index contributed by atoms with van der Waals surface area (Å²) in [5.74, 6) is -0.0562. The Hall–Kier alpha value is -2.68. The van der Waals surface area contributed by atoms with E-state index in [1.807, 2.05) is 35.1 Å². The molecule has 0 spiro atoms. The normalized spacial score (nSPS) is 11.0. The summed E-state index contributed by atoms with van der Waals surface area (Å²) in [4.78, 5) is 24.3. The summed E-state index contributed by atoms with van der Waals surface area (Å²) in [5.41, 5.74) is 1.76. The Morgan fingerprint density at radius 3 is 2.21 bits per heavy atom. The van der Waals surface area contributed by atoms with Gasteiger partial charge < -0.3 is 5.32 Å². The molecule has 9 heteroatoms. The van der Waals surface area contributed by atoms with Gasteiger partial charge in [-0.1, -0.05) is 41.9 Å². The van der Waals surface area contributed by atoms with Gasteiger partial charge >= 0.3 is 6.03 Å². The molecule has 3 rings (SSSR count). The summed E-state index contributed by atoms with van der Waals surface area (Å²) in [6.45, 7) is 0. The van der Waals surface area contributed by atoms with Crippen LogP contribution in [0.15, 0.2) is 70.9 Å². The quantitative estimate of drug-likeness (QED) is 0.564. The SMILES string of the molecule is O=C(Nc1ccc(C(=O)Cc2ccccc2)cc1)NS(=O)(=O)c1ccc(Cl)s1. The number of Topliss-reactive ketones (excluding diaryl/α,β-unsaturated/α-hetero) is 1. The number of rotatable bonds is 6. The van der Waals surface area contributed by atoms with E-state index in [4.69, 9.17) is 11.6 Å². The van der Waals surface area contributed by atoms with Crippen LogP contribution < -0.4 is 10.0 Å². The Labute approximate surface area is 171 Å². The van der Waals surface area contributed by atoms with Crippen molar-refractivity contribution in [2.24, 2.45) is 0 Å². The molecule has 0 aliphatic carbocycles.